The number of ether oxygens (including phenoxy) is 1. The van der Waals surface area contributed by atoms with Crippen molar-refractivity contribution in [1.29, 1.82) is 0 Å². The van der Waals surface area contributed by atoms with Crippen LogP contribution in [0.15, 0.2) is 0 Å². The molecule has 0 radical (unpaired) electrons. The second-order valence-electron chi connectivity index (χ2n) is 4.20. The summed E-state index contributed by atoms with van der Waals surface area (Å²) in [6.07, 6.45) is 5.41. The number of rotatable bonds is 2. The molecule has 1 aliphatic heterocycles. The lowest BCUT2D eigenvalue weighted by atomic mass is 10.1. The topological polar surface area (TPSA) is 38.5 Å². The molecule has 1 unspecified atom stereocenters. The zero-order valence-electron chi connectivity index (χ0n) is 8.45. The largest absolute Gasteiger partial charge is 0.391 e. The summed E-state index contributed by atoms with van der Waals surface area (Å²) in [5, 5.41) is 0. The molecule has 80 valence electrons. The van der Waals surface area contributed by atoms with Crippen LogP contribution in [0.3, 0.4) is 0 Å². The Hall–Kier alpha value is -0.190. The van der Waals surface area contributed by atoms with E-state index >= 15 is 0 Å². The van der Waals surface area contributed by atoms with E-state index in [1.54, 1.807) is 0 Å². The van der Waals surface area contributed by atoms with Crippen LogP contribution in [0.4, 0.5) is 0 Å². The third-order valence-corrected chi connectivity index (χ3v) is 3.52. The number of thiocarbonyl (C=S) groups is 1. The van der Waals surface area contributed by atoms with Gasteiger partial charge >= 0.3 is 0 Å². The Labute approximate surface area is 90.6 Å². The van der Waals surface area contributed by atoms with Crippen LogP contribution in [-0.4, -0.2) is 41.7 Å². The molecule has 0 bridgehead atoms. The van der Waals surface area contributed by atoms with E-state index in [0.717, 1.165) is 25.7 Å². The summed E-state index contributed by atoms with van der Waals surface area (Å²) in [6.45, 7) is 2.72. The first kappa shape index (κ1) is 10.3. The molecule has 1 atom stereocenters. The molecule has 14 heavy (non-hydrogen) atoms. The Morgan fingerprint density at radius 2 is 2.07 bits per heavy atom. The number of morpholine rings is 1. The minimum atomic E-state index is -0.0145. The minimum Gasteiger partial charge on any atom is -0.391 e. The number of hydrogen-bond donors (Lipinski definition) is 1. The Morgan fingerprint density at radius 3 is 2.71 bits per heavy atom. The molecule has 2 rings (SSSR count). The van der Waals surface area contributed by atoms with Gasteiger partial charge in [-0.3, -0.25) is 4.90 Å². The normalized spacial score (nSPS) is 30.7. The van der Waals surface area contributed by atoms with Crippen LogP contribution in [-0.2, 0) is 4.74 Å². The van der Waals surface area contributed by atoms with Gasteiger partial charge in [-0.25, -0.2) is 0 Å². The van der Waals surface area contributed by atoms with Gasteiger partial charge in [0.2, 0.25) is 0 Å². The summed E-state index contributed by atoms with van der Waals surface area (Å²) in [4.78, 5) is 3.01. The lowest BCUT2D eigenvalue weighted by molar-refractivity contribution is -0.00973. The fourth-order valence-corrected chi connectivity index (χ4v) is 2.58. The predicted octanol–water partition coefficient (Wildman–Crippen LogP) is 0.916. The van der Waals surface area contributed by atoms with E-state index in [0.29, 0.717) is 4.99 Å². The van der Waals surface area contributed by atoms with Crippen molar-refractivity contribution in [2.45, 2.75) is 37.8 Å². The van der Waals surface area contributed by atoms with Gasteiger partial charge in [0.05, 0.1) is 6.61 Å². The molecular weight excluding hydrogens is 196 g/mol. The van der Waals surface area contributed by atoms with Crippen molar-refractivity contribution in [3.05, 3.63) is 0 Å². The quantitative estimate of drug-likeness (QED) is 0.694. The van der Waals surface area contributed by atoms with Crippen LogP contribution in [0.1, 0.15) is 25.7 Å². The molecule has 0 aromatic heterocycles. The monoisotopic (exact) mass is 214 g/mol. The predicted molar refractivity (Wildman–Crippen MR) is 60.4 cm³/mol. The van der Waals surface area contributed by atoms with Gasteiger partial charge in [0.25, 0.3) is 0 Å². The van der Waals surface area contributed by atoms with Crippen LogP contribution in [0.2, 0.25) is 0 Å². The van der Waals surface area contributed by atoms with E-state index in [1.807, 2.05) is 0 Å². The van der Waals surface area contributed by atoms with E-state index in [-0.39, 0.29) is 6.10 Å². The van der Waals surface area contributed by atoms with Gasteiger partial charge in [-0.05, 0) is 12.8 Å². The molecule has 1 aliphatic carbocycles. The summed E-state index contributed by atoms with van der Waals surface area (Å²) in [5.41, 5.74) is 5.61. The van der Waals surface area contributed by atoms with Crippen LogP contribution in [0, 0.1) is 0 Å². The van der Waals surface area contributed by atoms with Crippen molar-refractivity contribution in [3.63, 3.8) is 0 Å². The third-order valence-electron chi connectivity index (χ3n) is 3.26. The molecule has 0 aromatic carbocycles. The van der Waals surface area contributed by atoms with Crippen molar-refractivity contribution in [2.75, 3.05) is 19.7 Å². The minimum absolute atomic E-state index is 0.0145. The highest BCUT2D eigenvalue weighted by molar-refractivity contribution is 7.80. The summed E-state index contributed by atoms with van der Waals surface area (Å²) in [5.74, 6) is 0. The summed E-state index contributed by atoms with van der Waals surface area (Å²) in [7, 11) is 0. The first-order valence-corrected chi connectivity index (χ1v) is 5.83. The highest BCUT2D eigenvalue weighted by Crippen LogP contribution is 2.24. The van der Waals surface area contributed by atoms with E-state index in [2.05, 4.69) is 4.90 Å². The van der Waals surface area contributed by atoms with Gasteiger partial charge in [-0.1, -0.05) is 25.1 Å². The van der Waals surface area contributed by atoms with E-state index in [9.17, 15) is 0 Å². The van der Waals surface area contributed by atoms with Crippen molar-refractivity contribution in [3.8, 4) is 0 Å². The highest BCUT2D eigenvalue weighted by Gasteiger charge is 2.29. The van der Waals surface area contributed by atoms with Crippen molar-refractivity contribution >= 4 is 17.2 Å². The molecule has 0 spiro atoms. The maximum absolute atomic E-state index is 5.61. The maximum Gasteiger partial charge on any atom is 0.120 e. The number of hydrogen-bond acceptors (Lipinski definition) is 3. The summed E-state index contributed by atoms with van der Waals surface area (Å²) < 4.78 is 5.52. The van der Waals surface area contributed by atoms with Crippen molar-refractivity contribution in [2.24, 2.45) is 5.73 Å². The Balaban J connectivity index is 1.89. The fraction of sp³-hybridized carbons (Fsp3) is 0.900. The molecule has 1 saturated heterocycles. The Morgan fingerprint density at radius 1 is 1.36 bits per heavy atom. The standard InChI is InChI=1S/C10H18N2OS/c11-10(14)9-7-12(5-6-13-9)8-3-1-2-4-8/h8-9H,1-7H2,(H2,11,14). The third kappa shape index (κ3) is 2.24. The Bertz CT molecular complexity index is 216. The SMILES string of the molecule is NC(=S)C1CN(C2CCCC2)CCO1. The summed E-state index contributed by atoms with van der Waals surface area (Å²) in [6, 6.07) is 0.760. The molecule has 4 heteroatoms. The van der Waals surface area contributed by atoms with E-state index < -0.39 is 0 Å². The number of nitrogens with two attached hydrogens (primary N) is 1. The lowest BCUT2D eigenvalue weighted by Crippen LogP contribution is -2.50. The van der Waals surface area contributed by atoms with Crippen LogP contribution in [0.5, 0.6) is 0 Å². The molecule has 3 nitrogen and oxygen atoms in total. The maximum atomic E-state index is 5.61. The second kappa shape index (κ2) is 4.55. The van der Waals surface area contributed by atoms with Crippen molar-refractivity contribution < 1.29 is 4.74 Å². The molecule has 0 aromatic rings. The van der Waals surface area contributed by atoms with Gasteiger partial charge in [-0.2, -0.15) is 0 Å². The molecule has 2 N–H and O–H groups in total. The molecule has 1 saturated carbocycles. The van der Waals surface area contributed by atoms with Gasteiger partial charge in [-0.15, -0.1) is 0 Å². The zero-order valence-corrected chi connectivity index (χ0v) is 9.26. The molecule has 0 amide bonds. The lowest BCUT2D eigenvalue weighted by Gasteiger charge is -2.36. The van der Waals surface area contributed by atoms with Gasteiger partial charge in [0.15, 0.2) is 0 Å². The van der Waals surface area contributed by atoms with Gasteiger partial charge < -0.3 is 10.5 Å². The first-order valence-electron chi connectivity index (χ1n) is 5.42. The summed E-state index contributed by atoms with van der Waals surface area (Å²) >= 11 is 4.97. The zero-order chi connectivity index (χ0) is 9.97. The second-order valence-corrected chi connectivity index (χ2v) is 4.67. The Kier molecular flexibility index (Phi) is 3.36. The van der Waals surface area contributed by atoms with E-state index in [1.165, 1.54) is 25.7 Å². The molecular formula is C10H18N2OS. The van der Waals surface area contributed by atoms with Gasteiger partial charge in [0.1, 0.15) is 11.1 Å². The first-order chi connectivity index (χ1) is 6.77. The number of nitrogens with zero attached hydrogens (tertiary/aromatic N) is 1. The van der Waals surface area contributed by atoms with E-state index in [4.69, 9.17) is 22.7 Å². The van der Waals surface area contributed by atoms with Crippen LogP contribution < -0.4 is 5.73 Å². The van der Waals surface area contributed by atoms with Crippen molar-refractivity contribution in [1.82, 2.24) is 4.90 Å². The van der Waals surface area contributed by atoms with Crippen LogP contribution in [0.25, 0.3) is 0 Å². The molecule has 1 heterocycles. The smallest absolute Gasteiger partial charge is 0.120 e. The van der Waals surface area contributed by atoms with Crippen LogP contribution >= 0.6 is 12.2 Å². The molecule has 2 fully saturated rings. The highest BCUT2D eigenvalue weighted by atomic mass is 32.1. The van der Waals surface area contributed by atoms with Gasteiger partial charge in [0, 0.05) is 19.1 Å². The fourth-order valence-electron chi connectivity index (χ4n) is 2.44. The average molecular weight is 214 g/mol. The molecule has 2 aliphatic rings. The average Bonchev–Trinajstić information content (AvgIpc) is 2.71.